The highest BCUT2D eigenvalue weighted by Crippen LogP contribution is 2.44. The summed E-state index contributed by atoms with van der Waals surface area (Å²) >= 11 is 1.49. The number of hydrogen-bond donors (Lipinski definition) is 1. The van der Waals surface area contributed by atoms with Gasteiger partial charge in [-0.3, -0.25) is 4.79 Å². The van der Waals surface area contributed by atoms with Gasteiger partial charge in [0, 0.05) is 30.0 Å². The number of nitrogens with one attached hydrogen (secondary N) is 1. The van der Waals surface area contributed by atoms with Crippen molar-refractivity contribution in [1.29, 1.82) is 0 Å². The fraction of sp³-hybridized carbons (Fsp3) is 0.727. The number of thioether (sulfide) groups is 1. The van der Waals surface area contributed by atoms with E-state index in [1.807, 2.05) is 20.1 Å². The van der Waals surface area contributed by atoms with E-state index in [1.165, 1.54) is 69.8 Å². The third kappa shape index (κ3) is 4.64. The van der Waals surface area contributed by atoms with Crippen molar-refractivity contribution in [3.63, 3.8) is 0 Å². The molecule has 1 saturated carbocycles. The summed E-state index contributed by atoms with van der Waals surface area (Å²) in [4.78, 5) is 24.1. The molecule has 0 radical (unpaired) electrons. The standard InChI is InChI=1S/C22H34N6OS/c1-16-18(17(2)28-20(24-16)25-21(26-28)30-3)15-19(29)23-11-14-27-12-9-22(10-13-27)7-5-4-6-8-22/h4-15H2,1-3H3,(H,23,29). The number of carbonyl (C=O) groups excluding carboxylic acids is 1. The predicted molar refractivity (Wildman–Crippen MR) is 120 cm³/mol. The lowest BCUT2D eigenvalue weighted by Crippen LogP contribution is -2.44. The molecule has 0 atom stereocenters. The van der Waals surface area contributed by atoms with E-state index in [4.69, 9.17) is 0 Å². The minimum absolute atomic E-state index is 0.0494. The predicted octanol–water partition coefficient (Wildman–Crippen LogP) is 3.17. The average molecular weight is 431 g/mol. The molecule has 1 N–H and O–H groups in total. The second-order valence-electron chi connectivity index (χ2n) is 9.00. The first kappa shape index (κ1) is 21.6. The Balaban J connectivity index is 1.27. The molecule has 0 unspecified atom stereocenters. The number of aryl methyl sites for hydroxylation is 2. The molecule has 1 aliphatic carbocycles. The van der Waals surface area contributed by atoms with Crippen LogP contribution in [0, 0.1) is 19.3 Å². The zero-order valence-electron chi connectivity index (χ0n) is 18.5. The summed E-state index contributed by atoms with van der Waals surface area (Å²) in [5, 5.41) is 8.27. The van der Waals surface area contributed by atoms with Gasteiger partial charge in [0.2, 0.25) is 11.1 Å². The van der Waals surface area contributed by atoms with Crippen LogP contribution in [0.2, 0.25) is 0 Å². The summed E-state index contributed by atoms with van der Waals surface area (Å²) in [5.74, 6) is 0.646. The molecule has 2 aromatic rings. The fourth-order valence-electron chi connectivity index (χ4n) is 5.16. The number of rotatable bonds is 6. The molecule has 1 aliphatic heterocycles. The van der Waals surface area contributed by atoms with Crippen molar-refractivity contribution < 1.29 is 4.79 Å². The van der Waals surface area contributed by atoms with Crippen molar-refractivity contribution in [2.24, 2.45) is 5.41 Å². The van der Waals surface area contributed by atoms with Crippen LogP contribution < -0.4 is 5.32 Å². The lowest BCUT2D eigenvalue weighted by Gasteiger charge is -2.44. The topological polar surface area (TPSA) is 75.4 Å². The summed E-state index contributed by atoms with van der Waals surface area (Å²) in [7, 11) is 0. The first-order valence-corrected chi connectivity index (χ1v) is 12.5. The van der Waals surface area contributed by atoms with Crippen LogP contribution >= 0.6 is 11.8 Å². The van der Waals surface area contributed by atoms with Gasteiger partial charge in [-0.1, -0.05) is 31.0 Å². The van der Waals surface area contributed by atoms with Crippen molar-refractivity contribution in [2.45, 2.75) is 70.4 Å². The smallest absolute Gasteiger partial charge is 0.253 e. The molecule has 0 bridgehead atoms. The lowest BCUT2D eigenvalue weighted by molar-refractivity contribution is -0.120. The number of carbonyl (C=O) groups is 1. The minimum Gasteiger partial charge on any atom is -0.355 e. The molecule has 2 fully saturated rings. The van der Waals surface area contributed by atoms with Gasteiger partial charge in [0.25, 0.3) is 5.78 Å². The summed E-state index contributed by atoms with van der Waals surface area (Å²) in [6.45, 7) is 7.93. The molecule has 7 nitrogen and oxygen atoms in total. The largest absolute Gasteiger partial charge is 0.355 e. The Labute approximate surface area is 183 Å². The number of likely N-dealkylation sites (tertiary alicyclic amines) is 1. The lowest BCUT2D eigenvalue weighted by atomic mass is 9.68. The van der Waals surface area contributed by atoms with Gasteiger partial charge in [-0.25, -0.2) is 9.50 Å². The van der Waals surface area contributed by atoms with Crippen LogP contribution in [0.5, 0.6) is 0 Å². The van der Waals surface area contributed by atoms with Crippen LogP contribution in [-0.2, 0) is 11.2 Å². The number of nitrogens with zero attached hydrogens (tertiary/aromatic N) is 5. The van der Waals surface area contributed by atoms with Crippen LogP contribution in [0.3, 0.4) is 0 Å². The summed E-state index contributed by atoms with van der Waals surface area (Å²) in [5.41, 5.74) is 3.36. The Morgan fingerprint density at radius 2 is 1.83 bits per heavy atom. The number of amides is 1. The average Bonchev–Trinajstić information content (AvgIpc) is 3.17. The molecule has 164 valence electrons. The molecule has 1 amide bonds. The Bertz CT molecular complexity index is 895. The zero-order valence-corrected chi connectivity index (χ0v) is 19.4. The van der Waals surface area contributed by atoms with Crippen LogP contribution in [0.15, 0.2) is 5.16 Å². The van der Waals surface area contributed by atoms with Gasteiger partial charge in [0.15, 0.2) is 0 Å². The van der Waals surface area contributed by atoms with Gasteiger partial charge >= 0.3 is 0 Å². The van der Waals surface area contributed by atoms with E-state index in [0.717, 1.165) is 23.5 Å². The molecule has 1 saturated heterocycles. The third-order valence-corrected chi connectivity index (χ3v) is 7.67. The van der Waals surface area contributed by atoms with Gasteiger partial charge in [-0.05, 0) is 64.3 Å². The summed E-state index contributed by atoms with van der Waals surface area (Å²) in [6.07, 6.45) is 12.1. The van der Waals surface area contributed by atoms with Crippen molar-refractivity contribution in [3.05, 3.63) is 17.0 Å². The van der Waals surface area contributed by atoms with Gasteiger partial charge in [0.1, 0.15) is 0 Å². The maximum absolute atomic E-state index is 12.6. The Kier molecular flexibility index (Phi) is 6.63. The second-order valence-corrected chi connectivity index (χ2v) is 9.77. The maximum Gasteiger partial charge on any atom is 0.253 e. The quantitative estimate of drug-likeness (QED) is 0.710. The van der Waals surface area contributed by atoms with E-state index in [1.54, 1.807) is 4.52 Å². The highest BCUT2D eigenvalue weighted by atomic mass is 32.2. The van der Waals surface area contributed by atoms with E-state index < -0.39 is 0 Å². The Morgan fingerprint density at radius 3 is 2.53 bits per heavy atom. The molecule has 0 aromatic carbocycles. The van der Waals surface area contributed by atoms with Crippen molar-refractivity contribution in [2.75, 3.05) is 32.4 Å². The van der Waals surface area contributed by atoms with E-state index in [0.29, 0.717) is 29.3 Å². The van der Waals surface area contributed by atoms with Crippen LogP contribution in [-0.4, -0.2) is 62.8 Å². The monoisotopic (exact) mass is 430 g/mol. The SMILES string of the molecule is CSc1nc2nc(C)c(CC(=O)NCCN3CCC4(CCCCC4)CC3)c(C)n2n1. The molecule has 3 heterocycles. The van der Waals surface area contributed by atoms with E-state index in [-0.39, 0.29) is 5.91 Å². The highest BCUT2D eigenvalue weighted by Gasteiger charge is 2.35. The Morgan fingerprint density at radius 1 is 1.10 bits per heavy atom. The Hall–Kier alpha value is -1.67. The van der Waals surface area contributed by atoms with Crippen molar-refractivity contribution in [1.82, 2.24) is 29.8 Å². The summed E-state index contributed by atoms with van der Waals surface area (Å²) in [6, 6.07) is 0. The minimum atomic E-state index is 0.0494. The summed E-state index contributed by atoms with van der Waals surface area (Å²) < 4.78 is 1.75. The van der Waals surface area contributed by atoms with Crippen LogP contribution in [0.4, 0.5) is 0 Å². The van der Waals surface area contributed by atoms with Gasteiger partial charge in [-0.2, -0.15) is 4.98 Å². The van der Waals surface area contributed by atoms with E-state index in [2.05, 4.69) is 25.3 Å². The number of piperidine rings is 1. The molecule has 30 heavy (non-hydrogen) atoms. The molecular weight excluding hydrogens is 396 g/mol. The second kappa shape index (κ2) is 9.22. The number of fused-ring (bicyclic) bond motifs is 1. The maximum atomic E-state index is 12.6. The number of hydrogen-bond acceptors (Lipinski definition) is 6. The first-order valence-electron chi connectivity index (χ1n) is 11.3. The normalized spacial score (nSPS) is 19.4. The highest BCUT2D eigenvalue weighted by molar-refractivity contribution is 7.98. The molecule has 8 heteroatoms. The van der Waals surface area contributed by atoms with Crippen molar-refractivity contribution >= 4 is 23.4 Å². The fourth-order valence-corrected chi connectivity index (χ4v) is 5.50. The van der Waals surface area contributed by atoms with Gasteiger partial charge in [-0.15, -0.1) is 5.10 Å². The van der Waals surface area contributed by atoms with Crippen molar-refractivity contribution in [3.8, 4) is 0 Å². The molecule has 4 rings (SSSR count). The third-order valence-electron chi connectivity index (χ3n) is 7.13. The molecule has 1 spiro atoms. The number of aromatic nitrogens is 4. The van der Waals surface area contributed by atoms with E-state index in [9.17, 15) is 4.79 Å². The molecule has 2 aromatic heterocycles. The zero-order chi connectivity index (χ0) is 21.1. The van der Waals surface area contributed by atoms with Gasteiger partial charge < -0.3 is 10.2 Å². The molecule has 2 aliphatic rings. The first-order chi connectivity index (χ1) is 14.5. The van der Waals surface area contributed by atoms with Crippen LogP contribution in [0.25, 0.3) is 5.78 Å². The van der Waals surface area contributed by atoms with Gasteiger partial charge in [0.05, 0.1) is 6.42 Å². The van der Waals surface area contributed by atoms with Crippen LogP contribution in [0.1, 0.15) is 61.9 Å². The molecular formula is C22H34N6OS. The van der Waals surface area contributed by atoms with E-state index >= 15 is 0 Å².